The van der Waals surface area contributed by atoms with E-state index in [0.29, 0.717) is 12.5 Å². The number of aromatic amines is 1. The van der Waals surface area contributed by atoms with Gasteiger partial charge in [0.25, 0.3) is 0 Å². The average Bonchev–Trinajstić information content (AvgIpc) is 2.47. The van der Waals surface area contributed by atoms with Crippen molar-refractivity contribution in [3.05, 3.63) is 81.6 Å². The Morgan fingerprint density at radius 3 is 2.32 bits per heavy atom. The fourth-order valence-corrected chi connectivity index (χ4v) is 2.48. The predicted octanol–water partition coefficient (Wildman–Crippen LogP) is 4.14. The van der Waals surface area contributed by atoms with Crippen molar-refractivity contribution < 1.29 is 13.2 Å². The lowest BCUT2D eigenvalue weighted by molar-refractivity contribution is -0.136. The zero-order chi connectivity index (χ0) is 15.7. The van der Waals surface area contributed by atoms with E-state index in [9.17, 15) is 18.0 Å². The summed E-state index contributed by atoms with van der Waals surface area (Å²) in [7, 11) is 0. The van der Waals surface area contributed by atoms with Gasteiger partial charge >= 0.3 is 6.18 Å². The zero-order valence-electron chi connectivity index (χ0n) is 11.4. The molecule has 0 spiro atoms. The molecule has 2 aromatic carbocycles. The molecule has 5 heteroatoms. The van der Waals surface area contributed by atoms with Gasteiger partial charge in [-0.1, -0.05) is 36.4 Å². The monoisotopic (exact) mass is 303 g/mol. The summed E-state index contributed by atoms with van der Waals surface area (Å²) < 4.78 is 39.3. The van der Waals surface area contributed by atoms with Gasteiger partial charge in [-0.25, -0.2) is 0 Å². The maximum Gasteiger partial charge on any atom is 0.417 e. The van der Waals surface area contributed by atoms with Crippen LogP contribution in [0.2, 0.25) is 0 Å². The van der Waals surface area contributed by atoms with E-state index in [2.05, 4.69) is 4.98 Å². The van der Waals surface area contributed by atoms with E-state index in [-0.39, 0.29) is 10.9 Å². The van der Waals surface area contributed by atoms with Crippen LogP contribution in [0.5, 0.6) is 0 Å². The number of hydrogen-bond acceptors (Lipinski definition) is 1. The van der Waals surface area contributed by atoms with Crippen LogP contribution in [0.15, 0.2) is 59.4 Å². The molecule has 112 valence electrons. The van der Waals surface area contributed by atoms with Crippen molar-refractivity contribution in [1.82, 2.24) is 4.98 Å². The molecule has 0 saturated carbocycles. The van der Waals surface area contributed by atoms with Crippen molar-refractivity contribution in [3.8, 4) is 0 Å². The van der Waals surface area contributed by atoms with E-state index in [0.717, 1.165) is 11.1 Å². The van der Waals surface area contributed by atoms with Crippen molar-refractivity contribution in [3.63, 3.8) is 0 Å². The second-order valence-corrected chi connectivity index (χ2v) is 5.09. The third-order valence-corrected chi connectivity index (χ3v) is 3.46. The summed E-state index contributed by atoms with van der Waals surface area (Å²) in [5, 5.41) is 0.0144. The van der Waals surface area contributed by atoms with Crippen LogP contribution in [0.3, 0.4) is 0 Å². The number of pyridine rings is 1. The quantitative estimate of drug-likeness (QED) is 0.758. The minimum absolute atomic E-state index is 0.0144. The highest BCUT2D eigenvalue weighted by molar-refractivity contribution is 5.83. The molecule has 2 nitrogen and oxygen atoms in total. The Kier molecular flexibility index (Phi) is 3.48. The summed E-state index contributed by atoms with van der Waals surface area (Å²) in [6, 6.07) is 14.8. The summed E-state index contributed by atoms with van der Waals surface area (Å²) in [4.78, 5) is 13.8. The average molecular weight is 303 g/mol. The highest BCUT2D eigenvalue weighted by Gasteiger charge is 2.33. The van der Waals surface area contributed by atoms with E-state index >= 15 is 0 Å². The second kappa shape index (κ2) is 5.33. The van der Waals surface area contributed by atoms with Gasteiger partial charge in [-0.3, -0.25) is 4.79 Å². The first kappa shape index (κ1) is 14.4. The first-order valence-corrected chi connectivity index (χ1v) is 6.70. The maximum absolute atomic E-state index is 13.1. The summed E-state index contributed by atoms with van der Waals surface area (Å²) >= 11 is 0. The molecule has 0 fully saturated rings. The normalized spacial score (nSPS) is 11.8. The van der Waals surface area contributed by atoms with E-state index in [1.165, 1.54) is 12.1 Å². The highest BCUT2D eigenvalue weighted by Crippen LogP contribution is 2.33. The number of hydrogen-bond donors (Lipinski definition) is 1. The smallest absolute Gasteiger partial charge is 0.322 e. The van der Waals surface area contributed by atoms with Gasteiger partial charge in [-0.15, -0.1) is 0 Å². The Morgan fingerprint density at radius 1 is 0.909 bits per heavy atom. The molecule has 22 heavy (non-hydrogen) atoms. The van der Waals surface area contributed by atoms with Crippen molar-refractivity contribution in [1.29, 1.82) is 0 Å². The molecule has 0 aliphatic heterocycles. The largest absolute Gasteiger partial charge is 0.417 e. The molecule has 0 saturated heterocycles. The summed E-state index contributed by atoms with van der Waals surface area (Å²) in [6.07, 6.45) is -4.02. The topological polar surface area (TPSA) is 32.9 Å². The number of aromatic nitrogens is 1. The van der Waals surface area contributed by atoms with Gasteiger partial charge in [-0.2, -0.15) is 13.2 Å². The molecule has 0 amide bonds. The zero-order valence-corrected chi connectivity index (χ0v) is 11.4. The van der Waals surface area contributed by atoms with Crippen molar-refractivity contribution in [2.24, 2.45) is 0 Å². The maximum atomic E-state index is 13.1. The minimum atomic E-state index is -4.56. The van der Waals surface area contributed by atoms with Crippen LogP contribution in [0, 0.1) is 0 Å². The molecule has 0 aliphatic carbocycles. The highest BCUT2D eigenvalue weighted by atomic mass is 19.4. The molecule has 0 unspecified atom stereocenters. The van der Waals surface area contributed by atoms with Crippen molar-refractivity contribution in [2.45, 2.75) is 12.6 Å². The fourth-order valence-electron chi connectivity index (χ4n) is 2.48. The number of rotatable bonds is 2. The summed E-state index contributed by atoms with van der Waals surface area (Å²) in [5.74, 6) is 0. The van der Waals surface area contributed by atoms with Gasteiger partial charge in [-0.05, 0) is 29.7 Å². The summed E-state index contributed by atoms with van der Waals surface area (Å²) in [6.45, 7) is 0. The summed E-state index contributed by atoms with van der Waals surface area (Å²) in [5.41, 5.74) is 0.310. The molecular weight excluding hydrogens is 291 g/mol. The Labute approximate surface area is 124 Å². The number of fused-ring (bicyclic) bond motifs is 1. The van der Waals surface area contributed by atoms with Crippen LogP contribution < -0.4 is 5.56 Å². The third-order valence-electron chi connectivity index (χ3n) is 3.46. The molecule has 3 rings (SSSR count). The van der Waals surface area contributed by atoms with Crippen LogP contribution in [0.1, 0.15) is 16.7 Å². The van der Waals surface area contributed by atoms with E-state index in [1.54, 1.807) is 6.07 Å². The molecule has 0 bridgehead atoms. The SMILES string of the molecule is O=c1cc(C(F)(F)F)c2cc(Cc3ccccc3)ccc2[nH]1. The predicted molar refractivity (Wildman–Crippen MR) is 78.8 cm³/mol. The Bertz CT molecular complexity index is 866. The number of benzene rings is 2. The number of alkyl halides is 3. The second-order valence-electron chi connectivity index (χ2n) is 5.09. The van der Waals surface area contributed by atoms with Gasteiger partial charge in [0.1, 0.15) is 0 Å². The van der Waals surface area contributed by atoms with Crippen LogP contribution in [0.4, 0.5) is 13.2 Å². The van der Waals surface area contributed by atoms with Crippen molar-refractivity contribution >= 4 is 10.9 Å². The fraction of sp³-hybridized carbons (Fsp3) is 0.118. The molecule has 0 atom stereocenters. The molecule has 0 radical (unpaired) electrons. The molecule has 3 aromatic rings. The standard InChI is InChI=1S/C17H12F3NO/c18-17(19,20)14-10-16(22)21-15-7-6-12(9-13(14)15)8-11-4-2-1-3-5-11/h1-7,9-10H,8H2,(H,21,22). The van der Waals surface area contributed by atoms with Crippen LogP contribution in [-0.2, 0) is 12.6 Å². The van der Waals surface area contributed by atoms with Gasteiger partial charge in [0.15, 0.2) is 0 Å². The third kappa shape index (κ3) is 2.88. The number of nitrogens with one attached hydrogen (secondary N) is 1. The molecule has 1 heterocycles. The first-order chi connectivity index (χ1) is 10.4. The van der Waals surface area contributed by atoms with E-state index in [1.807, 2.05) is 30.3 Å². The Hall–Kier alpha value is -2.56. The lowest BCUT2D eigenvalue weighted by Gasteiger charge is -2.11. The minimum Gasteiger partial charge on any atom is -0.322 e. The van der Waals surface area contributed by atoms with Crippen LogP contribution >= 0.6 is 0 Å². The van der Waals surface area contributed by atoms with Crippen molar-refractivity contribution in [2.75, 3.05) is 0 Å². The van der Waals surface area contributed by atoms with Gasteiger partial charge in [0.2, 0.25) is 5.56 Å². The lowest BCUT2D eigenvalue weighted by Crippen LogP contribution is -2.14. The first-order valence-electron chi connectivity index (χ1n) is 6.70. The molecule has 1 aromatic heterocycles. The van der Waals surface area contributed by atoms with Crippen LogP contribution in [-0.4, -0.2) is 4.98 Å². The number of H-pyrrole nitrogens is 1. The molecular formula is C17H12F3NO. The van der Waals surface area contributed by atoms with Crippen LogP contribution in [0.25, 0.3) is 10.9 Å². The molecule has 0 aliphatic rings. The Morgan fingerprint density at radius 2 is 1.64 bits per heavy atom. The van der Waals surface area contributed by atoms with E-state index < -0.39 is 17.3 Å². The number of halogens is 3. The van der Waals surface area contributed by atoms with Gasteiger partial charge < -0.3 is 4.98 Å². The van der Waals surface area contributed by atoms with E-state index in [4.69, 9.17) is 0 Å². The molecule has 1 N–H and O–H groups in total. The van der Waals surface area contributed by atoms with Gasteiger partial charge in [0, 0.05) is 17.0 Å². The Balaban J connectivity index is 2.12. The van der Waals surface area contributed by atoms with Gasteiger partial charge in [0.05, 0.1) is 5.56 Å². The lowest BCUT2D eigenvalue weighted by atomic mass is 10.0.